The molecule has 9 nitrogen and oxygen atoms in total. The van der Waals surface area contributed by atoms with Gasteiger partial charge in [-0.15, -0.1) is 0 Å². The third kappa shape index (κ3) is 34.6. The highest BCUT2D eigenvalue weighted by atomic mass is 31.2. The zero-order valence-electron chi connectivity index (χ0n) is 31.0. The minimum absolute atomic E-state index is 0.0546. The topological polar surface area (TPSA) is 134 Å². The van der Waals surface area contributed by atoms with E-state index in [4.69, 9.17) is 24.3 Å². The molecular formula is C38H74NO8P. The monoisotopic (exact) mass is 704 g/mol. The summed E-state index contributed by atoms with van der Waals surface area (Å²) in [5.41, 5.74) is 5.33. The van der Waals surface area contributed by atoms with E-state index < -0.39 is 26.5 Å². The number of phosphoric acid groups is 1. The van der Waals surface area contributed by atoms with Crippen molar-refractivity contribution >= 4 is 19.8 Å². The van der Waals surface area contributed by atoms with Crippen LogP contribution in [0.1, 0.15) is 187 Å². The van der Waals surface area contributed by atoms with Gasteiger partial charge in [0.1, 0.15) is 6.61 Å². The summed E-state index contributed by atoms with van der Waals surface area (Å²) in [6.07, 6.45) is 33.8. The van der Waals surface area contributed by atoms with Crippen molar-refractivity contribution in [3.63, 3.8) is 0 Å². The molecule has 3 N–H and O–H groups in total. The van der Waals surface area contributed by atoms with Crippen LogP contribution < -0.4 is 5.73 Å². The number of hydrogen-bond acceptors (Lipinski definition) is 8. The first kappa shape index (κ1) is 46.8. The molecule has 0 aliphatic carbocycles. The standard InChI is InChI=1S/C38H74NO8P/c1-3-5-7-9-11-13-15-16-17-18-19-21-23-25-27-29-31-38(41)47-36(35-46-48(42,43)45-33-32-39)34-44-37(40)30-28-26-24-22-20-14-12-10-8-6-4-2/h17-18,36H,3-16,19-35,39H2,1-2H3,(H,42,43)/b18-17-. The van der Waals surface area contributed by atoms with Gasteiger partial charge in [0.05, 0.1) is 13.2 Å². The number of unbranched alkanes of at least 4 members (excludes halogenated alkanes) is 22. The summed E-state index contributed by atoms with van der Waals surface area (Å²) in [5, 5.41) is 0. The second kappa shape index (κ2) is 35.6. The normalized spacial score (nSPS) is 13.5. The molecule has 0 aromatic rings. The van der Waals surface area contributed by atoms with E-state index in [2.05, 4.69) is 26.0 Å². The number of rotatable bonds is 37. The Morgan fingerprint density at radius 3 is 1.48 bits per heavy atom. The van der Waals surface area contributed by atoms with Gasteiger partial charge in [-0.05, 0) is 38.5 Å². The van der Waals surface area contributed by atoms with Gasteiger partial charge in [-0.25, -0.2) is 4.57 Å². The minimum atomic E-state index is -4.37. The Morgan fingerprint density at radius 2 is 1.02 bits per heavy atom. The van der Waals surface area contributed by atoms with Crippen LogP contribution in [-0.4, -0.2) is 49.3 Å². The van der Waals surface area contributed by atoms with Crippen molar-refractivity contribution in [3.05, 3.63) is 12.2 Å². The van der Waals surface area contributed by atoms with Crippen molar-refractivity contribution in [1.82, 2.24) is 0 Å². The van der Waals surface area contributed by atoms with Gasteiger partial charge in [-0.3, -0.25) is 18.6 Å². The van der Waals surface area contributed by atoms with Crippen molar-refractivity contribution in [2.24, 2.45) is 5.73 Å². The molecule has 284 valence electrons. The molecule has 0 aliphatic heterocycles. The molecule has 48 heavy (non-hydrogen) atoms. The molecule has 0 aromatic carbocycles. The van der Waals surface area contributed by atoms with Crippen molar-refractivity contribution in [1.29, 1.82) is 0 Å². The largest absolute Gasteiger partial charge is 0.472 e. The zero-order chi connectivity index (χ0) is 35.4. The van der Waals surface area contributed by atoms with Crippen molar-refractivity contribution in [2.75, 3.05) is 26.4 Å². The first-order chi connectivity index (χ1) is 23.3. The molecule has 2 unspecified atom stereocenters. The molecule has 0 aliphatic rings. The lowest BCUT2D eigenvalue weighted by molar-refractivity contribution is -0.161. The van der Waals surface area contributed by atoms with E-state index in [1.54, 1.807) is 0 Å². The average Bonchev–Trinajstić information content (AvgIpc) is 3.07. The van der Waals surface area contributed by atoms with Gasteiger partial charge >= 0.3 is 19.8 Å². The summed E-state index contributed by atoms with van der Waals surface area (Å²) in [6.45, 7) is 3.72. The van der Waals surface area contributed by atoms with Crippen LogP contribution in [0.3, 0.4) is 0 Å². The average molecular weight is 704 g/mol. The van der Waals surface area contributed by atoms with E-state index >= 15 is 0 Å². The molecule has 0 aromatic heterocycles. The fraction of sp³-hybridized carbons (Fsp3) is 0.895. The number of ether oxygens (including phenoxy) is 2. The maximum absolute atomic E-state index is 12.5. The highest BCUT2D eigenvalue weighted by molar-refractivity contribution is 7.47. The third-order valence-corrected chi connectivity index (χ3v) is 9.39. The Morgan fingerprint density at radius 1 is 0.604 bits per heavy atom. The van der Waals surface area contributed by atoms with Gasteiger partial charge in [-0.2, -0.15) is 0 Å². The Balaban J connectivity index is 4.20. The Labute approximate surface area is 294 Å². The Bertz CT molecular complexity index is 810. The fourth-order valence-electron chi connectivity index (χ4n) is 5.45. The predicted octanol–water partition coefficient (Wildman–Crippen LogP) is 10.7. The van der Waals surface area contributed by atoms with E-state index in [0.29, 0.717) is 6.42 Å². The summed E-state index contributed by atoms with van der Waals surface area (Å²) in [6, 6.07) is 0. The van der Waals surface area contributed by atoms with Crippen LogP contribution in [0.2, 0.25) is 0 Å². The van der Waals surface area contributed by atoms with Crippen LogP contribution >= 0.6 is 7.82 Å². The summed E-state index contributed by atoms with van der Waals surface area (Å²) in [5.74, 6) is -0.833. The second-order valence-electron chi connectivity index (χ2n) is 13.2. The van der Waals surface area contributed by atoms with E-state index in [1.165, 1.54) is 103 Å². The van der Waals surface area contributed by atoms with Crippen molar-refractivity contribution in [3.8, 4) is 0 Å². The van der Waals surface area contributed by atoms with Crippen molar-refractivity contribution < 1.29 is 37.6 Å². The Kier molecular flexibility index (Phi) is 34.6. The molecule has 0 rings (SSSR count). The lowest BCUT2D eigenvalue weighted by Crippen LogP contribution is -2.29. The van der Waals surface area contributed by atoms with Gasteiger partial charge in [0.2, 0.25) is 0 Å². The molecule has 0 bridgehead atoms. The molecule has 0 saturated carbocycles. The number of allylic oxidation sites excluding steroid dienone is 2. The zero-order valence-corrected chi connectivity index (χ0v) is 31.9. The van der Waals surface area contributed by atoms with Gasteiger partial charge in [0.15, 0.2) is 6.10 Å². The SMILES string of the molecule is CCCCCCCCC/C=C\CCCCCCCC(=O)OC(COC(=O)CCCCCCCCCCCCC)COP(=O)(O)OCCN. The minimum Gasteiger partial charge on any atom is -0.462 e. The van der Waals surface area contributed by atoms with E-state index in [-0.39, 0.29) is 38.6 Å². The third-order valence-electron chi connectivity index (χ3n) is 8.40. The first-order valence-corrected chi connectivity index (χ1v) is 21.2. The van der Waals surface area contributed by atoms with Gasteiger partial charge in [0.25, 0.3) is 0 Å². The number of hydrogen-bond donors (Lipinski definition) is 2. The number of nitrogens with two attached hydrogens (primary N) is 1. The molecule has 0 spiro atoms. The maximum atomic E-state index is 12.5. The van der Waals surface area contributed by atoms with Gasteiger partial charge in [0, 0.05) is 19.4 Å². The predicted molar refractivity (Wildman–Crippen MR) is 197 cm³/mol. The van der Waals surface area contributed by atoms with Crippen LogP contribution in [0.4, 0.5) is 0 Å². The maximum Gasteiger partial charge on any atom is 0.472 e. The van der Waals surface area contributed by atoms with E-state index in [1.807, 2.05) is 0 Å². The first-order valence-electron chi connectivity index (χ1n) is 19.7. The molecule has 0 heterocycles. The van der Waals surface area contributed by atoms with Crippen LogP contribution in [0.15, 0.2) is 12.2 Å². The van der Waals surface area contributed by atoms with Gasteiger partial charge in [-0.1, -0.05) is 148 Å². The van der Waals surface area contributed by atoms with Crippen LogP contribution in [0.25, 0.3) is 0 Å². The van der Waals surface area contributed by atoms with Crippen molar-refractivity contribution in [2.45, 2.75) is 193 Å². The lowest BCUT2D eigenvalue weighted by atomic mass is 10.1. The van der Waals surface area contributed by atoms with Crippen LogP contribution in [0.5, 0.6) is 0 Å². The highest BCUT2D eigenvalue weighted by Crippen LogP contribution is 2.43. The lowest BCUT2D eigenvalue weighted by Gasteiger charge is -2.19. The molecule has 0 amide bonds. The number of carbonyl (C=O) groups is 2. The summed E-state index contributed by atoms with van der Waals surface area (Å²) < 4.78 is 32.6. The quantitative estimate of drug-likeness (QED) is 0.0280. The Hall–Kier alpha value is -1.25. The summed E-state index contributed by atoms with van der Waals surface area (Å²) in [4.78, 5) is 34.7. The van der Waals surface area contributed by atoms with Gasteiger partial charge < -0.3 is 20.1 Å². The molecule has 2 atom stereocenters. The molecule has 0 saturated heterocycles. The molecule has 0 radical (unpaired) electrons. The molecule has 0 fully saturated rings. The number of carbonyl (C=O) groups excluding carboxylic acids is 2. The fourth-order valence-corrected chi connectivity index (χ4v) is 6.22. The highest BCUT2D eigenvalue weighted by Gasteiger charge is 2.25. The van der Waals surface area contributed by atoms with E-state index in [9.17, 15) is 19.0 Å². The smallest absolute Gasteiger partial charge is 0.462 e. The second-order valence-corrected chi connectivity index (χ2v) is 14.6. The molecular weight excluding hydrogens is 629 g/mol. The molecule has 10 heteroatoms. The summed E-state index contributed by atoms with van der Waals surface area (Å²) >= 11 is 0. The van der Waals surface area contributed by atoms with Crippen LogP contribution in [0, 0.1) is 0 Å². The summed E-state index contributed by atoms with van der Waals surface area (Å²) in [7, 11) is -4.37. The van der Waals surface area contributed by atoms with Crippen LogP contribution in [-0.2, 0) is 32.7 Å². The number of esters is 2. The van der Waals surface area contributed by atoms with E-state index in [0.717, 1.165) is 51.4 Å². The number of phosphoric ester groups is 1.